The molecule has 7 nitrogen and oxygen atoms in total. The lowest BCUT2D eigenvalue weighted by molar-refractivity contribution is -0.114. The van der Waals surface area contributed by atoms with Gasteiger partial charge in [-0.1, -0.05) is 37.8 Å². The molecular formula is C30H38N4O3S. The molecule has 38 heavy (non-hydrogen) atoms. The largest absolute Gasteiger partial charge is 0.369 e. The van der Waals surface area contributed by atoms with Crippen LogP contribution in [0.25, 0.3) is 22.2 Å². The molecule has 8 heteroatoms. The molecule has 3 aliphatic rings. The number of carbonyl (C=O) groups is 1. The quantitative estimate of drug-likeness (QED) is 0.423. The third-order valence-corrected chi connectivity index (χ3v) is 10.2. The summed E-state index contributed by atoms with van der Waals surface area (Å²) >= 11 is 0. The van der Waals surface area contributed by atoms with E-state index in [1.165, 1.54) is 64.0 Å². The van der Waals surface area contributed by atoms with Crippen LogP contribution in [0.15, 0.2) is 42.5 Å². The van der Waals surface area contributed by atoms with E-state index in [4.69, 9.17) is 0 Å². The van der Waals surface area contributed by atoms with Crippen molar-refractivity contribution in [3.05, 3.63) is 42.5 Å². The standard InChI is InChI=1S/C30H38N4O3S/c1-21(35)31-24-12-10-22(11-13-24)28-19-23-18-27(33-14-16-38(36,37)17-15-33)20-29(30(23)32-28)34(25-6-2-3-7-25)26-8-4-5-9-26/h10-13,18-20,25-26,32H,2-9,14-17H2,1H3,(H,31,35). The summed E-state index contributed by atoms with van der Waals surface area (Å²) < 4.78 is 24.3. The number of rotatable bonds is 6. The van der Waals surface area contributed by atoms with Crippen LogP contribution in [0.1, 0.15) is 58.3 Å². The minimum Gasteiger partial charge on any atom is -0.369 e. The first kappa shape index (κ1) is 25.3. The maximum atomic E-state index is 12.1. The number of carbonyl (C=O) groups excluding carboxylic acids is 1. The van der Waals surface area contributed by atoms with Gasteiger partial charge in [0.2, 0.25) is 5.91 Å². The Hall–Kier alpha value is -3.00. The summed E-state index contributed by atoms with van der Waals surface area (Å²) in [7, 11) is -2.95. The maximum absolute atomic E-state index is 12.1. The van der Waals surface area contributed by atoms with Crippen molar-refractivity contribution in [2.75, 3.05) is 39.7 Å². The molecule has 1 aliphatic heterocycles. The van der Waals surface area contributed by atoms with Crippen molar-refractivity contribution >= 4 is 43.7 Å². The van der Waals surface area contributed by atoms with Crippen molar-refractivity contribution in [1.82, 2.24) is 4.98 Å². The summed E-state index contributed by atoms with van der Waals surface area (Å²) in [4.78, 5) is 20.2. The molecule has 6 rings (SSSR count). The average Bonchev–Trinajstić information content (AvgIpc) is 3.67. The molecule has 0 spiro atoms. The van der Waals surface area contributed by atoms with Gasteiger partial charge in [0.15, 0.2) is 9.84 Å². The van der Waals surface area contributed by atoms with Gasteiger partial charge in [0, 0.05) is 54.6 Å². The van der Waals surface area contributed by atoms with Crippen LogP contribution in [0.4, 0.5) is 17.1 Å². The van der Waals surface area contributed by atoms with E-state index in [2.05, 4.69) is 38.3 Å². The molecule has 0 unspecified atom stereocenters. The molecule has 2 aliphatic carbocycles. The van der Waals surface area contributed by atoms with Crippen LogP contribution in [0.5, 0.6) is 0 Å². The van der Waals surface area contributed by atoms with Crippen molar-refractivity contribution in [3.8, 4) is 11.3 Å². The number of H-pyrrole nitrogens is 1. The van der Waals surface area contributed by atoms with Crippen LogP contribution in [0.3, 0.4) is 0 Å². The van der Waals surface area contributed by atoms with E-state index in [-0.39, 0.29) is 17.4 Å². The Morgan fingerprint density at radius 2 is 1.53 bits per heavy atom. The smallest absolute Gasteiger partial charge is 0.221 e. The number of anilines is 3. The van der Waals surface area contributed by atoms with Gasteiger partial charge in [0.25, 0.3) is 0 Å². The fourth-order valence-corrected chi connectivity index (χ4v) is 7.92. The van der Waals surface area contributed by atoms with Crippen LogP contribution < -0.4 is 15.1 Å². The molecule has 2 heterocycles. The Morgan fingerprint density at radius 1 is 0.921 bits per heavy atom. The highest BCUT2D eigenvalue weighted by Gasteiger charge is 2.33. The van der Waals surface area contributed by atoms with Gasteiger partial charge in [-0.05, 0) is 61.6 Å². The predicted octanol–water partition coefficient (Wildman–Crippen LogP) is 5.72. The molecule has 0 atom stereocenters. The number of hydrogen-bond acceptors (Lipinski definition) is 5. The van der Waals surface area contributed by atoms with Crippen molar-refractivity contribution in [2.24, 2.45) is 0 Å². The fourth-order valence-electron chi connectivity index (χ4n) is 6.71. The van der Waals surface area contributed by atoms with Gasteiger partial charge < -0.3 is 20.1 Å². The first-order valence-electron chi connectivity index (χ1n) is 14.1. The van der Waals surface area contributed by atoms with Crippen LogP contribution in [-0.2, 0) is 14.6 Å². The molecule has 1 aromatic heterocycles. The summed E-state index contributed by atoms with van der Waals surface area (Å²) in [5.41, 5.74) is 6.46. The lowest BCUT2D eigenvalue weighted by Gasteiger charge is -2.38. The SMILES string of the molecule is CC(=O)Nc1ccc(-c2cc3cc(N4CCS(=O)(=O)CC4)cc(N(C4CCCC4)C4CCCC4)c3[nH]2)cc1. The maximum Gasteiger partial charge on any atom is 0.221 e. The van der Waals surface area contributed by atoms with Gasteiger partial charge in [0.05, 0.1) is 22.7 Å². The zero-order valence-corrected chi connectivity index (χ0v) is 23.0. The molecular weight excluding hydrogens is 496 g/mol. The highest BCUT2D eigenvalue weighted by molar-refractivity contribution is 7.91. The lowest BCUT2D eigenvalue weighted by Crippen LogP contribution is -2.42. The van der Waals surface area contributed by atoms with E-state index in [9.17, 15) is 13.2 Å². The zero-order valence-electron chi connectivity index (χ0n) is 22.2. The minimum absolute atomic E-state index is 0.0787. The Labute approximate surface area is 225 Å². The van der Waals surface area contributed by atoms with Crippen molar-refractivity contribution in [1.29, 1.82) is 0 Å². The predicted molar refractivity (Wildman–Crippen MR) is 156 cm³/mol. The van der Waals surface area contributed by atoms with Crippen molar-refractivity contribution in [3.63, 3.8) is 0 Å². The van der Waals surface area contributed by atoms with E-state index in [0.717, 1.165) is 33.5 Å². The van der Waals surface area contributed by atoms with E-state index in [1.807, 2.05) is 24.3 Å². The molecule has 1 saturated heterocycles. The summed E-state index contributed by atoms with van der Waals surface area (Å²) in [5, 5.41) is 4.00. The second kappa shape index (κ2) is 10.3. The number of fused-ring (bicyclic) bond motifs is 1. The van der Waals surface area contributed by atoms with Gasteiger partial charge in [-0.3, -0.25) is 4.79 Å². The van der Waals surface area contributed by atoms with Crippen LogP contribution >= 0.6 is 0 Å². The normalized spacial score (nSPS) is 20.3. The van der Waals surface area contributed by atoms with Crippen LogP contribution in [-0.4, -0.2) is 56.0 Å². The van der Waals surface area contributed by atoms with E-state index < -0.39 is 9.84 Å². The Balaban J connectivity index is 1.44. The topological polar surface area (TPSA) is 85.5 Å². The third kappa shape index (κ3) is 5.15. The Kier molecular flexibility index (Phi) is 6.84. The Bertz CT molecular complexity index is 1390. The number of sulfone groups is 1. The summed E-state index contributed by atoms with van der Waals surface area (Å²) in [6, 6.07) is 15.8. The highest BCUT2D eigenvalue weighted by Crippen LogP contribution is 2.42. The third-order valence-electron chi connectivity index (χ3n) is 8.63. The zero-order chi connectivity index (χ0) is 26.3. The number of aromatic nitrogens is 1. The van der Waals surface area contributed by atoms with Gasteiger partial charge in [-0.15, -0.1) is 0 Å². The van der Waals surface area contributed by atoms with Gasteiger partial charge in [-0.2, -0.15) is 0 Å². The van der Waals surface area contributed by atoms with Crippen LogP contribution in [0, 0.1) is 0 Å². The number of nitrogens with one attached hydrogen (secondary N) is 2. The van der Waals surface area contributed by atoms with E-state index in [0.29, 0.717) is 25.2 Å². The Morgan fingerprint density at radius 3 is 2.11 bits per heavy atom. The molecule has 1 amide bonds. The molecule has 202 valence electrons. The summed E-state index contributed by atoms with van der Waals surface area (Å²) in [6.45, 7) is 2.60. The van der Waals surface area contributed by atoms with Crippen LogP contribution in [0.2, 0.25) is 0 Å². The van der Waals surface area contributed by atoms with Gasteiger partial charge >= 0.3 is 0 Å². The van der Waals surface area contributed by atoms with E-state index in [1.54, 1.807) is 0 Å². The molecule has 0 radical (unpaired) electrons. The first-order valence-corrected chi connectivity index (χ1v) is 16.0. The minimum atomic E-state index is -2.95. The molecule has 3 aromatic rings. The van der Waals surface area contributed by atoms with Crippen molar-refractivity contribution < 1.29 is 13.2 Å². The monoisotopic (exact) mass is 534 g/mol. The second-order valence-corrected chi connectivity index (χ2v) is 13.6. The molecule has 3 fully saturated rings. The highest BCUT2D eigenvalue weighted by atomic mass is 32.2. The number of aromatic amines is 1. The molecule has 2 aromatic carbocycles. The van der Waals surface area contributed by atoms with Gasteiger partial charge in [0.1, 0.15) is 0 Å². The number of hydrogen-bond donors (Lipinski definition) is 2. The lowest BCUT2D eigenvalue weighted by atomic mass is 10.0. The van der Waals surface area contributed by atoms with Crippen molar-refractivity contribution in [2.45, 2.75) is 70.4 Å². The number of amides is 1. The molecule has 2 saturated carbocycles. The number of benzene rings is 2. The fraction of sp³-hybridized carbons (Fsp3) is 0.500. The summed E-state index contributed by atoms with van der Waals surface area (Å²) in [5.74, 6) is 0.355. The first-order chi connectivity index (χ1) is 18.4. The molecule has 0 bridgehead atoms. The molecule has 2 N–H and O–H groups in total. The van der Waals surface area contributed by atoms with E-state index >= 15 is 0 Å². The second-order valence-electron chi connectivity index (χ2n) is 11.3. The average molecular weight is 535 g/mol. The summed E-state index contributed by atoms with van der Waals surface area (Å²) in [6.07, 6.45) is 10.1. The number of nitrogens with zero attached hydrogens (tertiary/aromatic N) is 2. The van der Waals surface area contributed by atoms with Gasteiger partial charge in [-0.25, -0.2) is 8.42 Å².